The summed E-state index contributed by atoms with van der Waals surface area (Å²) >= 11 is 0. The molecule has 104 valence electrons. The molecule has 0 saturated carbocycles. The van der Waals surface area contributed by atoms with E-state index >= 15 is 0 Å². The molecular formula is C16H24N2O. The van der Waals surface area contributed by atoms with Crippen LogP contribution in [0.25, 0.3) is 0 Å². The van der Waals surface area contributed by atoms with Gasteiger partial charge in [-0.2, -0.15) is 5.26 Å². The second-order valence-corrected chi connectivity index (χ2v) is 5.74. The highest BCUT2D eigenvalue weighted by Crippen LogP contribution is 2.28. The van der Waals surface area contributed by atoms with Crippen LogP contribution in [0.3, 0.4) is 0 Å². The van der Waals surface area contributed by atoms with Gasteiger partial charge in [-0.05, 0) is 56.9 Å². The van der Waals surface area contributed by atoms with Gasteiger partial charge in [0.05, 0.1) is 18.6 Å². The quantitative estimate of drug-likeness (QED) is 0.883. The molecule has 0 spiro atoms. The molecule has 0 aromatic heterocycles. The fourth-order valence-electron chi connectivity index (χ4n) is 2.19. The Morgan fingerprint density at radius 3 is 2.42 bits per heavy atom. The molecule has 0 atom stereocenters. The molecule has 1 rings (SSSR count). The van der Waals surface area contributed by atoms with Crippen LogP contribution < -0.4 is 10.1 Å². The molecule has 0 amide bonds. The van der Waals surface area contributed by atoms with Gasteiger partial charge in [-0.25, -0.2) is 0 Å². The number of hydrogen-bond acceptors (Lipinski definition) is 3. The number of aryl methyl sites for hydroxylation is 1. The van der Waals surface area contributed by atoms with Gasteiger partial charge in [-0.15, -0.1) is 0 Å². The number of hydrogen-bond donors (Lipinski definition) is 1. The number of nitrogens with zero attached hydrogens (tertiary/aromatic N) is 1. The Labute approximate surface area is 116 Å². The van der Waals surface area contributed by atoms with E-state index in [1.54, 1.807) is 7.11 Å². The van der Waals surface area contributed by atoms with Crippen molar-refractivity contribution in [2.24, 2.45) is 5.41 Å². The normalized spacial score (nSPS) is 11.2. The maximum Gasteiger partial charge on any atom is 0.124 e. The first-order valence-electron chi connectivity index (χ1n) is 6.58. The zero-order chi connectivity index (χ0) is 14.6. The highest BCUT2D eigenvalue weighted by Gasteiger charge is 2.16. The van der Waals surface area contributed by atoms with Crippen molar-refractivity contribution in [2.75, 3.05) is 13.7 Å². The Kier molecular flexibility index (Phi) is 4.97. The summed E-state index contributed by atoms with van der Waals surface area (Å²) in [6.45, 7) is 11.6. The van der Waals surface area contributed by atoms with Gasteiger partial charge >= 0.3 is 0 Å². The monoisotopic (exact) mass is 260 g/mol. The average molecular weight is 260 g/mol. The van der Waals surface area contributed by atoms with E-state index in [2.05, 4.69) is 38.2 Å². The molecule has 19 heavy (non-hydrogen) atoms. The molecule has 3 nitrogen and oxygen atoms in total. The Morgan fingerprint density at radius 1 is 1.26 bits per heavy atom. The van der Waals surface area contributed by atoms with E-state index in [4.69, 9.17) is 10.00 Å². The summed E-state index contributed by atoms with van der Waals surface area (Å²) in [5.41, 5.74) is 4.54. The van der Waals surface area contributed by atoms with Crippen LogP contribution in [0.4, 0.5) is 0 Å². The second-order valence-electron chi connectivity index (χ2n) is 5.74. The van der Waals surface area contributed by atoms with Gasteiger partial charge in [0.1, 0.15) is 5.75 Å². The third-order valence-electron chi connectivity index (χ3n) is 3.52. The Balaban J connectivity index is 2.84. The van der Waals surface area contributed by atoms with E-state index in [0.29, 0.717) is 6.54 Å². The molecule has 0 aliphatic carbocycles. The van der Waals surface area contributed by atoms with Gasteiger partial charge in [-0.3, -0.25) is 0 Å². The minimum Gasteiger partial charge on any atom is -0.496 e. The Hall–Kier alpha value is -1.53. The van der Waals surface area contributed by atoms with Gasteiger partial charge in [0, 0.05) is 13.1 Å². The highest BCUT2D eigenvalue weighted by molar-refractivity contribution is 5.48. The number of rotatable bonds is 5. The molecule has 0 radical (unpaired) electrons. The molecule has 0 bridgehead atoms. The molecule has 0 heterocycles. The maximum atomic E-state index is 9.00. The zero-order valence-corrected chi connectivity index (χ0v) is 12.8. The predicted octanol–water partition coefficient (Wildman–Crippen LogP) is 3.26. The first-order chi connectivity index (χ1) is 8.82. The number of nitriles is 1. The standard InChI is InChI=1S/C16H24N2O/c1-11-7-14(8-18-10-16(4,5)9-17)12(2)13(3)15(11)19-6/h7,18H,8,10H2,1-6H3. The van der Waals surface area contributed by atoms with E-state index in [1.165, 1.54) is 16.7 Å². The summed E-state index contributed by atoms with van der Waals surface area (Å²) in [5.74, 6) is 0.971. The van der Waals surface area contributed by atoms with Crippen molar-refractivity contribution in [3.05, 3.63) is 28.3 Å². The lowest BCUT2D eigenvalue weighted by Gasteiger charge is -2.19. The van der Waals surface area contributed by atoms with E-state index in [9.17, 15) is 0 Å². The first kappa shape index (κ1) is 15.5. The SMILES string of the molecule is COc1c(C)cc(CNCC(C)(C)C#N)c(C)c1C. The fraction of sp³-hybridized carbons (Fsp3) is 0.562. The summed E-state index contributed by atoms with van der Waals surface area (Å²) in [6, 6.07) is 4.46. The molecule has 0 saturated heterocycles. The van der Waals surface area contributed by atoms with Crippen molar-refractivity contribution in [3.8, 4) is 11.8 Å². The zero-order valence-electron chi connectivity index (χ0n) is 12.8. The first-order valence-corrected chi connectivity index (χ1v) is 6.58. The van der Waals surface area contributed by atoms with Crippen LogP contribution in [0, 0.1) is 37.5 Å². The molecule has 1 N–H and O–H groups in total. The van der Waals surface area contributed by atoms with E-state index in [1.807, 2.05) is 13.8 Å². The highest BCUT2D eigenvalue weighted by atomic mass is 16.5. The summed E-state index contributed by atoms with van der Waals surface area (Å²) in [5, 5.41) is 12.4. The summed E-state index contributed by atoms with van der Waals surface area (Å²) in [6.07, 6.45) is 0. The number of benzene rings is 1. The largest absolute Gasteiger partial charge is 0.496 e. The van der Waals surface area contributed by atoms with Gasteiger partial charge in [-0.1, -0.05) is 6.07 Å². The number of methoxy groups -OCH3 is 1. The Bertz CT molecular complexity index is 498. The van der Waals surface area contributed by atoms with Crippen molar-refractivity contribution >= 4 is 0 Å². The fourth-order valence-corrected chi connectivity index (χ4v) is 2.19. The molecule has 0 fully saturated rings. The molecular weight excluding hydrogens is 236 g/mol. The smallest absolute Gasteiger partial charge is 0.124 e. The second kappa shape index (κ2) is 6.08. The topological polar surface area (TPSA) is 45.0 Å². The van der Waals surface area contributed by atoms with Crippen LogP contribution in [-0.2, 0) is 6.54 Å². The van der Waals surface area contributed by atoms with Crippen molar-refractivity contribution in [2.45, 2.75) is 41.2 Å². The summed E-state index contributed by atoms with van der Waals surface area (Å²) in [7, 11) is 1.71. The lowest BCUT2D eigenvalue weighted by molar-refractivity contribution is 0.407. The summed E-state index contributed by atoms with van der Waals surface area (Å²) in [4.78, 5) is 0. The minimum absolute atomic E-state index is 0.329. The van der Waals surface area contributed by atoms with Crippen LogP contribution in [-0.4, -0.2) is 13.7 Å². The van der Waals surface area contributed by atoms with Crippen molar-refractivity contribution < 1.29 is 4.74 Å². The van der Waals surface area contributed by atoms with E-state index in [-0.39, 0.29) is 5.41 Å². The van der Waals surface area contributed by atoms with Crippen molar-refractivity contribution in [1.29, 1.82) is 5.26 Å². The van der Waals surface area contributed by atoms with Gasteiger partial charge in [0.15, 0.2) is 0 Å². The van der Waals surface area contributed by atoms with Crippen LogP contribution in [0.1, 0.15) is 36.1 Å². The van der Waals surface area contributed by atoms with Gasteiger partial charge < -0.3 is 10.1 Å². The maximum absolute atomic E-state index is 9.00. The third-order valence-corrected chi connectivity index (χ3v) is 3.52. The minimum atomic E-state index is -0.329. The third kappa shape index (κ3) is 3.71. The number of nitrogens with one attached hydrogen (secondary N) is 1. The van der Waals surface area contributed by atoms with Crippen LogP contribution in [0.15, 0.2) is 6.07 Å². The summed E-state index contributed by atoms with van der Waals surface area (Å²) < 4.78 is 5.42. The lowest BCUT2D eigenvalue weighted by Crippen LogP contribution is -2.28. The van der Waals surface area contributed by atoms with Gasteiger partial charge in [0.2, 0.25) is 0 Å². The van der Waals surface area contributed by atoms with Crippen molar-refractivity contribution in [1.82, 2.24) is 5.32 Å². The van der Waals surface area contributed by atoms with Crippen LogP contribution in [0.5, 0.6) is 5.75 Å². The number of ether oxygens (including phenoxy) is 1. The molecule has 1 aromatic rings. The molecule has 1 aromatic carbocycles. The molecule has 3 heteroatoms. The predicted molar refractivity (Wildman–Crippen MR) is 78.3 cm³/mol. The van der Waals surface area contributed by atoms with Crippen molar-refractivity contribution in [3.63, 3.8) is 0 Å². The van der Waals surface area contributed by atoms with E-state index in [0.717, 1.165) is 17.9 Å². The lowest BCUT2D eigenvalue weighted by atomic mass is 9.95. The Morgan fingerprint density at radius 2 is 1.89 bits per heavy atom. The average Bonchev–Trinajstić information content (AvgIpc) is 2.36. The van der Waals surface area contributed by atoms with Gasteiger partial charge in [0.25, 0.3) is 0 Å². The van der Waals surface area contributed by atoms with E-state index < -0.39 is 0 Å². The molecule has 0 aliphatic rings. The van der Waals surface area contributed by atoms with Crippen LogP contribution >= 0.6 is 0 Å². The molecule has 0 unspecified atom stereocenters. The van der Waals surface area contributed by atoms with Crippen LogP contribution in [0.2, 0.25) is 0 Å². The molecule has 0 aliphatic heterocycles.